The van der Waals surface area contributed by atoms with Gasteiger partial charge in [0.15, 0.2) is 11.5 Å². The molecule has 1 rings (SSSR count). The summed E-state index contributed by atoms with van der Waals surface area (Å²) in [6.45, 7) is 1.96. The molecule has 4 heteroatoms. The Balaban J connectivity index is 3.25. The van der Waals surface area contributed by atoms with Crippen LogP contribution in [0.15, 0.2) is 12.1 Å². The van der Waals surface area contributed by atoms with Gasteiger partial charge in [-0.25, -0.2) is 0 Å². The van der Waals surface area contributed by atoms with Crippen molar-refractivity contribution in [2.24, 2.45) is 0 Å². The van der Waals surface area contributed by atoms with Crippen LogP contribution < -0.4 is 14.2 Å². The third kappa shape index (κ3) is 2.39. The number of methoxy groups -OCH3 is 4. The summed E-state index contributed by atoms with van der Waals surface area (Å²) in [5.74, 6) is 1.87. The minimum Gasteiger partial charge on any atom is -0.493 e. The topological polar surface area (TPSA) is 36.9 Å². The van der Waals surface area contributed by atoms with Crippen molar-refractivity contribution in [2.75, 3.05) is 28.4 Å². The Morgan fingerprint density at radius 3 is 1.69 bits per heavy atom. The molecule has 0 aromatic heterocycles. The number of ether oxygens (including phenoxy) is 4. The zero-order valence-corrected chi connectivity index (χ0v) is 10.4. The summed E-state index contributed by atoms with van der Waals surface area (Å²) in [5, 5.41) is 0. The second kappa shape index (κ2) is 5.61. The molecule has 90 valence electrons. The van der Waals surface area contributed by atoms with Gasteiger partial charge < -0.3 is 18.9 Å². The molecule has 0 saturated heterocycles. The summed E-state index contributed by atoms with van der Waals surface area (Å²) in [6, 6.07) is 3.77. The van der Waals surface area contributed by atoms with E-state index < -0.39 is 0 Å². The molecule has 0 aliphatic heterocycles. The predicted molar refractivity (Wildman–Crippen MR) is 61.5 cm³/mol. The number of benzene rings is 1. The lowest BCUT2D eigenvalue weighted by atomic mass is 10.1. The standard InChI is InChI=1S/C12H18O4/c1-8(13-2)9-6-10(14-3)12(16-5)11(7-9)15-4/h6-8H,1-5H3/t8-/m1/s1. The molecule has 0 saturated carbocycles. The number of rotatable bonds is 5. The van der Waals surface area contributed by atoms with E-state index in [0.29, 0.717) is 17.2 Å². The van der Waals surface area contributed by atoms with Crippen LogP contribution in [0.5, 0.6) is 17.2 Å². The van der Waals surface area contributed by atoms with Crippen molar-refractivity contribution in [1.82, 2.24) is 0 Å². The molecule has 0 fully saturated rings. The van der Waals surface area contributed by atoms with Crippen LogP contribution in [0.3, 0.4) is 0 Å². The Bertz CT molecular complexity index is 324. The lowest BCUT2D eigenvalue weighted by Crippen LogP contribution is -2.00. The Morgan fingerprint density at radius 1 is 0.875 bits per heavy atom. The van der Waals surface area contributed by atoms with Gasteiger partial charge in [0, 0.05) is 7.11 Å². The molecule has 4 nitrogen and oxygen atoms in total. The molecule has 0 amide bonds. The summed E-state index contributed by atoms with van der Waals surface area (Å²) in [6.07, 6.45) is -0.0197. The third-order valence-electron chi connectivity index (χ3n) is 2.51. The molecule has 0 aliphatic carbocycles. The Morgan fingerprint density at radius 2 is 1.38 bits per heavy atom. The maximum atomic E-state index is 5.26. The molecule has 1 aromatic carbocycles. The van der Waals surface area contributed by atoms with Gasteiger partial charge >= 0.3 is 0 Å². The Labute approximate surface area is 96.1 Å². The second-order valence-corrected chi connectivity index (χ2v) is 3.34. The molecule has 0 radical (unpaired) electrons. The van der Waals surface area contributed by atoms with Gasteiger partial charge in [-0.15, -0.1) is 0 Å². The minimum atomic E-state index is -0.0197. The van der Waals surface area contributed by atoms with Gasteiger partial charge in [-0.05, 0) is 24.6 Å². The summed E-state index contributed by atoms with van der Waals surface area (Å²) in [7, 11) is 6.44. The molecule has 0 heterocycles. The Kier molecular flexibility index (Phi) is 4.43. The van der Waals surface area contributed by atoms with Crippen LogP contribution in [-0.4, -0.2) is 28.4 Å². The summed E-state index contributed by atoms with van der Waals surface area (Å²) in [5.41, 5.74) is 0.983. The fourth-order valence-electron chi connectivity index (χ4n) is 1.47. The predicted octanol–water partition coefficient (Wildman–Crippen LogP) is 2.42. The van der Waals surface area contributed by atoms with E-state index in [4.69, 9.17) is 18.9 Å². The fourth-order valence-corrected chi connectivity index (χ4v) is 1.47. The van der Waals surface area contributed by atoms with E-state index >= 15 is 0 Å². The number of hydrogen-bond donors (Lipinski definition) is 0. The highest BCUT2D eigenvalue weighted by atomic mass is 16.5. The maximum Gasteiger partial charge on any atom is 0.203 e. The fraction of sp³-hybridized carbons (Fsp3) is 0.500. The van der Waals surface area contributed by atoms with Crippen LogP contribution >= 0.6 is 0 Å². The van der Waals surface area contributed by atoms with E-state index in [-0.39, 0.29) is 6.10 Å². The van der Waals surface area contributed by atoms with Crippen molar-refractivity contribution in [3.8, 4) is 17.2 Å². The van der Waals surface area contributed by atoms with E-state index in [1.165, 1.54) is 0 Å². The van der Waals surface area contributed by atoms with Gasteiger partial charge in [-0.2, -0.15) is 0 Å². The molecule has 1 aromatic rings. The van der Waals surface area contributed by atoms with E-state index in [0.717, 1.165) is 5.56 Å². The summed E-state index contributed by atoms with van der Waals surface area (Å²) < 4.78 is 21.0. The second-order valence-electron chi connectivity index (χ2n) is 3.34. The van der Waals surface area contributed by atoms with Gasteiger partial charge in [0.25, 0.3) is 0 Å². The van der Waals surface area contributed by atoms with E-state index in [1.54, 1.807) is 28.4 Å². The van der Waals surface area contributed by atoms with Gasteiger partial charge in [-0.1, -0.05) is 0 Å². The molecule has 1 atom stereocenters. The molecular weight excluding hydrogens is 208 g/mol. The number of hydrogen-bond acceptors (Lipinski definition) is 4. The minimum absolute atomic E-state index is 0.0197. The van der Waals surface area contributed by atoms with Gasteiger partial charge in [0.05, 0.1) is 27.4 Å². The van der Waals surface area contributed by atoms with Crippen LogP contribution in [0, 0.1) is 0 Å². The molecule has 0 unspecified atom stereocenters. The zero-order valence-electron chi connectivity index (χ0n) is 10.4. The highest BCUT2D eigenvalue weighted by molar-refractivity contribution is 5.54. The largest absolute Gasteiger partial charge is 0.493 e. The highest BCUT2D eigenvalue weighted by Crippen LogP contribution is 2.39. The zero-order chi connectivity index (χ0) is 12.1. The van der Waals surface area contributed by atoms with Crippen molar-refractivity contribution in [3.05, 3.63) is 17.7 Å². The van der Waals surface area contributed by atoms with Gasteiger partial charge in [0.2, 0.25) is 5.75 Å². The van der Waals surface area contributed by atoms with Crippen molar-refractivity contribution in [3.63, 3.8) is 0 Å². The van der Waals surface area contributed by atoms with Crippen molar-refractivity contribution in [1.29, 1.82) is 0 Å². The van der Waals surface area contributed by atoms with Crippen molar-refractivity contribution >= 4 is 0 Å². The molecule has 0 bridgehead atoms. The lowest BCUT2D eigenvalue weighted by molar-refractivity contribution is 0.119. The van der Waals surface area contributed by atoms with Crippen LogP contribution in [-0.2, 0) is 4.74 Å². The molecule has 0 spiro atoms. The van der Waals surface area contributed by atoms with Crippen molar-refractivity contribution < 1.29 is 18.9 Å². The first-order valence-electron chi connectivity index (χ1n) is 5.00. The SMILES string of the molecule is COc1cc([C@@H](C)OC)cc(OC)c1OC. The average molecular weight is 226 g/mol. The molecular formula is C12H18O4. The molecule has 0 N–H and O–H groups in total. The third-order valence-corrected chi connectivity index (χ3v) is 2.51. The van der Waals surface area contributed by atoms with Crippen LogP contribution in [0.1, 0.15) is 18.6 Å². The van der Waals surface area contributed by atoms with E-state index in [2.05, 4.69) is 0 Å². The molecule has 0 aliphatic rings. The maximum absolute atomic E-state index is 5.26. The monoisotopic (exact) mass is 226 g/mol. The van der Waals surface area contributed by atoms with E-state index in [9.17, 15) is 0 Å². The Hall–Kier alpha value is -1.42. The summed E-state index contributed by atoms with van der Waals surface area (Å²) in [4.78, 5) is 0. The quantitative estimate of drug-likeness (QED) is 0.772. The first-order valence-corrected chi connectivity index (χ1v) is 5.00. The summed E-state index contributed by atoms with van der Waals surface area (Å²) >= 11 is 0. The smallest absolute Gasteiger partial charge is 0.203 e. The van der Waals surface area contributed by atoms with E-state index in [1.807, 2.05) is 19.1 Å². The average Bonchev–Trinajstić information content (AvgIpc) is 2.35. The first-order chi connectivity index (χ1) is 7.67. The first kappa shape index (κ1) is 12.6. The normalized spacial score (nSPS) is 12.1. The van der Waals surface area contributed by atoms with Gasteiger partial charge in [-0.3, -0.25) is 0 Å². The highest BCUT2D eigenvalue weighted by Gasteiger charge is 2.15. The van der Waals surface area contributed by atoms with Crippen LogP contribution in [0.25, 0.3) is 0 Å². The van der Waals surface area contributed by atoms with Crippen LogP contribution in [0.2, 0.25) is 0 Å². The van der Waals surface area contributed by atoms with Gasteiger partial charge in [0.1, 0.15) is 0 Å². The van der Waals surface area contributed by atoms with Crippen LogP contribution in [0.4, 0.5) is 0 Å². The lowest BCUT2D eigenvalue weighted by Gasteiger charge is -2.16. The van der Waals surface area contributed by atoms with Crippen molar-refractivity contribution in [2.45, 2.75) is 13.0 Å². The molecule has 16 heavy (non-hydrogen) atoms.